The Bertz CT molecular complexity index is 334. The maximum absolute atomic E-state index is 13.7. The lowest BCUT2D eigenvalue weighted by atomic mass is 10.3. The Balaban J connectivity index is 2.31. The molecule has 0 aliphatic carbocycles. The van der Waals surface area contributed by atoms with E-state index < -0.39 is 0 Å². The zero-order valence-corrected chi connectivity index (χ0v) is 10.5. The van der Waals surface area contributed by atoms with Crippen molar-refractivity contribution < 1.29 is 9.13 Å². The Hall–Kier alpha value is -1.23. The molecule has 1 rings (SSSR count). The van der Waals surface area contributed by atoms with Crippen molar-refractivity contribution in [3.63, 3.8) is 0 Å². The van der Waals surface area contributed by atoms with Crippen LogP contribution in [0.25, 0.3) is 0 Å². The highest BCUT2D eigenvalue weighted by atomic mass is 19.1. The fraction of sp³-hybridized carbons (Fsp3) is 0.667. The maximum Gasteiger partial charge on any atom is 0.186 e. The van der Waals surface area contributed by atoms with E-state index in [0.29, 0.717) is 25.3 Å². The molecule has 1 N–H and O–H groups in total. The minimum Gasteiger partial charge on any atom is -0.380 e. The van der Waals surface area contributed by atoms with Crippen LogP contribution in [0.2, 0.25) is 0 Å². The maximum atomic E-state index is 13.7. The number of hydrogen-bond acceptors (Lipinski definition) is 4. The molecule has 96 valence electrons. The molecule has 0 aliphatic heterocycles. The summed E-state index contributed by atoms with van der Waals surface area (Å²) in [7, 11) is 0. The molecule has 0 saturated carbocycles. The SMILES string of the molecule is CCCCOCCNc1ncnc(CC)c1F. The van der Waals surface area contributed by atoms with Crippen LogP contribution in [0.5, 0.6) is 0 Å². The zero-order chi connectivity index (χ0) is 12.5. The smallest absolute Gasteiger partial charge is 0.186 e. The molecule has 0 amide bonds. The van der Waals surface area contributed by atoms with Crippen LogP contribution in [-0.4, -0.2) is 29.7 Å². The molecule has 0 aromatic carbocycles. The van der Waals surface area contributed by atoms with Crippen molar-refractivity contribution in [1.29, 1.82) is 0 Å². The van der Waals surface area contributed by atoms with E-state index in [1.165, 1.54) is 6.33 Å². The number of unbranched alkanes of at least 4 members (excludes halogenated alkanes) is 1. The normalized spacial score (nSPS) is 10.5. The van der Waals surface area contributed by atoms with E-state index in [-0.39, 0.29) is 11.6 Å². The van der Waals surface area contributed by atoms with Crippen LogP contribution < -0.4 is 5.32 Å². The van der Waals surface area contributed by atoms with Gasteiger partial charge in [0.05, 0.1) is 12.3 Å². The summed E-state index contributed by atoms with van der Waals surface area (Å²) in [6.07, 6.45) is 4.12. The summed E-state index contributed by atoms with van der Waals surface area (Å²) in [5.74, 6) is -0.0977. The number of anilines is 1. The number of aryl methyl sites for hydroxylation is 1. The largest absolute Gasteiger partial charge is 0.380 e. The quantitative estimate of drug-likeness (QED) is 0.710. The summed E-state index contributed by atoms with van der Waals surface area (Å²) in [5.41, 5.74) is 0.439. The summed E-state index contributed by atoms with van der Waals surface area (Å²) in [6, 6.07) is 0. The van der Waals surface area contributed by atoms with E-state index in [9.17, 15) is 4.39 Å². The van der Waals surface area contributed by atoms with E-state index in [1.54, 1.807) is 0 Å². The van der Waals surface area contributed by atoms with Gasteiger partial charge < -0.3 is 10.1 Å². The van der Waals surface area contributed by atoms with E-state index in [0.717, 1.165) is 19.4 Å². The van der Waals surface area contributed by atoms with Crippen molar-refractivity contribution >= 4 is 5.82 Å². The number of halogens is 1. The van der Waals surface area contributed by atoms with Crippen LogP contribution in [0.4, 0.5) is 10.2 Å². The number of aromatic nitrogens is 2. The molecule has 0 spiro atoms. The predicted octanol–water partition coefficient (Wildman–Crippen LogP) is 2.41. The third kappa shape index (κ3) is 4.65. The Morgan fingerprint density at radius 2 is 2.12 bits per heavy atom. The fourth-order valence-corrected chi connectivity index (χ4v) is 1.37. The molecular weight excluding hydrogens is 221 g/mol. The zero-order valence-electron chi connectivity index (χ0n) is 10.5. The highest BCUT2D eigenvalue weighted by molar-refractivity contribution is 5.37. The van der Waals surface area contributed by atoms with Gasteiger partial charge in [0.2, 0.25) is 0 Å². The molecule has 0 bridgehead atoms. The van der Waals surface area contributed by atoms with Gasteiger partial charge in [0.1, 0.15) is 6.33 Å². The second-order valence-corrected chi connectivity index (χ2v) is 3.73. The summed E-state index contributed by atoms with van der Waals surface area (Å²) in [5, 5.41) is 2.91. The van der Waals surface area contributed by atoms with Crippen LogP contribution in [-0.2, 0) is 11.2 Å². The average molecular weight is 241 g/mol. The number of nitrogens with zero attached hydrogens (tertiary/aromatic N) is 2. The topological polar surface area (TPSA) is 47.0 Å². The first-order chi connectivity index (χ1) is 8.29. The molecule has 17 heavy (non-hydrogen) atoms. The van der Waals surface area contributed by atoms with Gasteiger partial charge in [-0.15, -0.1) is 0 Å². The van der Waals surface area contributed by atoms with Crippen LogP contribution in [0, 0.1) is 5.82 Å². The minimum atomic E-state index is -0.358. The van der Waals surface area contributed by atoms with Gasteiger partial charge in [-0.25, -0.2) is 14.4 Å². The van der Waals surface area contributed by atoms with Gasteiger partial charge in [0.25, 0.3) is 0 Å². The van der Waals surface area contributed by atoms with Crippen molar-refractivity contribution in [2.24, 2.45) is 0 Å². The lowest BCUT2D eigenvalue weighted by Gasteiger charge is -2.08. The summed E-state index contributed by atoms with van der Waals surface area (Å²) in [6.45, 7) is 5.85. The molecule has 1 heterocycles. The van der Waals surface area contributed by atoms with Gasteiger partial charge in [-0.05, 0) is 12.8 Å². The van der Waals surface area contributed by atoms with Gasteiger partial charge >= 0.3 is 0 Å². The van der Waals surface area contributed by atoms with Crippen LogP contribution in [0.15, 0.2) is 6.33 Å². The first kappa shape index (κ1) is 13.8. The van der Waals surface area contributed by atoms with Crippen molar-refractivity contribution in [1.82, 2.24) is 9.97 Å². The van der Waals surface area contributed by atoms with Crippen molar-refractivity contribution in [2.75, 3.05) is 25.1 Å². The molecule has 0 radical (unpaired) electrons. The Morgan fingerprint density at radius 3 is 2.82 bits per heavy atom. The van der Waals surface area contributed by atoms with Crippen molar-refractivity contribution in [3.05, 3.63) is 17.8 Å². The van der Waals surface area contributed by atoms with Gasteiger partial charge in [-0.1, -0.05) is 20.3 Å². The first-order valence-corrected chi connectivity index (χ1v) is 6.10. The van der Waals surface area contributed by atoms with Crippen LogP contribution >= 0.6 is 0 Å². The molecule has 1 aromatic rings. The third-order valence-electron chi connectivity index (χ3n) is 2.38. The molecule has 4 nitrogen and oxygen atoms in total. The molecule has 1 aromatic heterocycles. The average Bonchev–Trinajstić information content (AvgIpc) is 2.35. The fourth-order valence-electron chi connectivity index (χ4n) is 1.37. The first-order valence-electron chi connectivity index (χ1n) is 6.10. The predicted molar refractivity (Wildman–Crippen MR) is 65.6 cm³/mol. The lowest BCUT2D eigenvalue weighted by molar-refractivity contribution is 0.141. The molecule has 0 fully saturated rings. The van der Waals surface area contributed by atoms with Gasteiger partial charge in [-0.2, -0.15) is 0 Å². The monoisotopic (exact) mass is 241 g/mol. The molecule has 0 saturated heterocycles. The molecule has 0 atom stereocenters. The number of nitrogens with one attached hydrogen (secondary N) is 1. The van der Waals surface area contributed by atoms with Crippen molar-refractivity contribution in [2.45, 2.75) is 33.1 Å². The minimum absolute atomic E-state index is 0.260. The molecular formula is C12H20FN3O. The van der Waals surface area contributed by atoms with E-state index in [1.807, 2.05) is 6.92 Å². The highest BCUT2D eigenvalue weighted by Crippen LogP contribution is 2.12. The Labute approximate surface area is 102 Å². The van der Waals surface area contributed by atoms with E-state index >= 15 is 0 Å². The number of ether oxygens (including phenoxy) is 1. The summed E-state index contributed by atoms with van der Waals surface area (Å²) >= 11 is 0. The van der Waals surface area contributed by atoms with Gasteiger partial charge in [0, 0.05) is 13.2 Å². The van der Waals surface area contributed by atoms with Crippen LogP contribution in [0.1, 0.15) is 32.4 Å². The Kier molecular flexibility index (Phi) is 6.47. The molecule has 0 aliphatic rings. The lowest BCUT2D eigenvalue weighted by Crippen LogP contribution is -2.13. The van der Waals surface area contributed by atoms with Crippen LogP contribution in [0.3, 0.4) is 0 Å². The highest BCUT2D eigenvalue weighted by Gasteiger charge is 2.08. The van der Waals surface area contributed by atoms with Gasteiger partial charge in [0.15, 0.2) is 11.6 Å². The molecule has 0 unspecified atom stereocenters. The van der Waals surface area contributed by atoms with E-state index in [4.69, 9.17) is 4.74 Å². The standard InChI is InChI=1S/C12H20FN3O/c1-3-5-7-17-8-6-14-12-11(13)10(4-2)15-9-16-12/h9H,3-8H2,1-2H3,(H,14,15,16). The third-order valence-corrected chi connectivity index (χ3v) is 2.38. The summed E-state index contributed by atoms with van der Waals surface area (Å²) < 4.78 is 19.0. The number of hydrogen-bond donors (Lipinski definition) is 1. The van der Waals surface area contributed by atoms with E-state index in [2.05, 4.69) is 22.2 Å². The summed E-state index contributed by atoms with van der Waals surface area (Å²) in [4.78, 5) is 7.74. The Morgan fingerprint density at radius 1 is 1.29 bits per heavy atom. The second kappa shape index (κ2) is 7.95. The second-order valence-electron chi connectivity index (χ2n) is 3.73. The van der Waals surface area contributed by atoms with Gasteiger partial charge in [-0.3, -0.25) is 0 Å². The van der Waals surface area contributed by atoms with Crippen molar-refractivity contribution in [3.8, 4) is 0 Å². The number of rotatable bonds is 8. The molecule has 5 heteroatoms.